The molecule has 8 nitrogen and oxygen atoms in total. The van der Waals surface area contributed by atoms with E-state index in [1.807, 2.05) is 11.4 Å². The third kappa shape index (κ3) is 3.58. The van der Waals surface area contributed by atoms with E-state index in [9.17, 15) is 18.3 Å². The molecule has 32 heavy (non-hydrogen) atoms. The molecule has 0 aliphatic rings. The highest BCUT2D eigenvalue weighted by atomic mass is 32.2. The Morgan fingerprint density at radius 3 is 2.69 bits per heavy atom. The van der Waals surface area contributed by atoms with E-state index in [2.05, 4.69) is 14.7 Å². The lowest BCUT2D eigenvalue weighted by atomic mass is 9.97. The van der Waals surface area contributed by atoms with E-state index in [1.54, 1.807) is 41.5 Å². The molecule has 10 heteroatoms. The third-order valence-electron chi connectivity index (χ3n) is 5.25. The van der Waals surface area contributed by atoms with Gasteiger partial charge in [0.2, 0.25) is 10.0 Å². The maximum atomic E-state index is 12.6. The number of imidazole rings is 1. The first kappa shape index (κ1) is 20.4. The predicted molar refractivity (Wildman–Crippen MR) is 124 cm³/mol. The number of benzene rings is 2. The van der Waals surface area contributed by atoms with Gasteiger partial charge in [0.05, 0.1) is 11.2 Å². The van der Waals surface area contributed by atoms with Crippen molar-refractivity contribution in [1.82, 2.24) is 19.3 Å². The average Bonchev–Trinajstić information content (AvgIpc) is 3.47. The fourth-order valence-corrected chi connectivity index (χ4v) is 5.56. The molecule has 0 aliphatic carbocycles. The van der Waals surface area contributed by atoms with Gasteiger partial charge < -0.3 is 14.7 Å². The van der Waals surface area contributed by atoms with E-state index >= 15 is 0 Å². The molecule has 0 atom stereocenters. The maximum Gasteiger partial charge on any atom is 0.266 e. The number of aromatic hydroxyl groups is 1. The molecule has 0 spiro atoms. The van der Waals surface area contributed by atoms with E-state index in [1.165, 1.54) is 29.5 Å². The van der Waals surface area contributed by atoms with Crippen LogP contribution < -0.4 is 10.3 Å². The first-order chi connectivity index (χ1) is 15.4. The number of sulfonamides is 1. The first-order valence-corrected chi connectivity index (χ1v) is 12.1. The summed E-state index contributed by atoms with van der Waals surface area (Å²) in [6, 6.07) is 11.4. The Kier molecular flexibility index (Phi) is 5.04. The van der Waals surface area contributed by atoms with E-state index in [0.29, 0.717) is 27.9 Å². The van der Waals surface area contributed by atoms with E-state index in [0.717, 1.165) is 10.8 Å². The van der Waals surface area contributed by atoms with Crippen LogP contribution in [-0.2, 0) is 16.6 Å². The van der Waals surface area contributed by atoms with Crippen LogP contribution >= 0.6 is 11.3 Å². The van der Waals surface area contributed by atoms with Crippen LogP contribution in [0.4, 0.5) is 0 Å². The number of nitrogens with one attached hydrogen (secondary N) is 2. The molecule has 5 aromatic rings. The van der Waals surface area contributed by atoms with E-state index in [-0.39, 0.29) is 22.7 Å². The first-order valence-electron chi connectivity index (χ1n) is 9.75. The van der Waals surface area contributed by atoms with Gasteiger partial charge in [0.15, 0.2) is 0 Å². The highest BCUT2D eigenvalue weighted by Crippen LogP contribution is 2.39. The van der Waals surface area contributed by atoms with Gasteiger partial charge in [-0.1, -0.05) is 12.1 Å². The molecule has 2 aromatic carbocycles. The van der Waals surface area contributed by atoms with Crippen molar-refractivity contribution in [2.24, 2.45) is 0 Å². The number of phenolic OH excluding ortho intramolecular Hbond substituents is 1. The standard InChI is InChI=1S/C22H18N4O4S2/c27-18-6-5-17-20(16-7-12-31-21(16)22(28)25-17)19(18)14-1-3-15(4-2-14)32(29,30)24-9-11-26-10-8-23-13-26/h1-8,10,12-13,24,27H,9,11H2,(H,25,28). The van der Waals surface area contributed by atoms with E-state index in [4.69, 9.17) is 0 Å². The molecule has 3 aromatic heterocycles. The minimum Gasteiger partial charge on any atom is -0.507 e. The quantitative estimate of drug-likeness (QED) is 0.355. The molecule has 0 unspecified atom stereocenters. The zero-order valence-corrected chi connectivity index (χ0v) is 18.3. The summed E-state index contributed by atoms with van der Waals surface area (Å²) in [6.45, 7) is 0.699. The lowest BCUT2D eigenvalue weighted by Crippen LogP contribution is -2.27. The number of aromatic amines is 1. The van der Waals surface area contributed by atoms with Crippen LogP contribution in [0.2, 0.25) is 0 Å². The molecule has 5 rings (SSSR count). The highest BCUT2D eigenvalue weighted by molar-refractivity contribution is 7.89. The number of aromatic nitrogens is 3. The van der Waals surface area contributed by atoms with Gasteiger partial charge in [0, 0.05) is 47.3 Å². The van der Waals surface area contributed by atoms with Gasteiger partial charge in [-0.15, -0.1) is 11.3 Å². The summed E-state index contributed by atoms with van der Waals surface area (Å²) in [7, 11) is -3.69. The van der Waals surface area contributed by atoms with Crippen LogP contribution in [-0.4, -0.2) is 34.6 Å². The van der Waals surface area contributed by atoms with Gasteiger partial charge in [-0.2, -0.15) is 0 Å². The Bertz CT molecular complexity index is 1590. The number of H-pyrrole nitrogens is 1. The molecule has 0 saturated carbocycles. The predicted octanol–water partition coefficient (Wildman–Crippen LogP) is 3.29. The zero-order valence-electron chi connectivity index (χ0n) is 16.6. The summed E-state index contributed by atoms with van der Waals surface area (Å²) in [4.78, 5) is 19.2. The van der Waals surface area contributed by atoms with Crippen molar-refractivity contribution >= 4 is 42.3 Å². The number of fused-ring (bicyclic) bond motifs is 3. The van der Waals surface area contributed by atoms with Crippen molar-refractivity contribution in [2.45, 2.75) is 11.4 Å². The van der Waals surface area contributed by atoms with Crippen LogP contribution in [0, 0.1) is 0 Å². The molecule has 0 amide bonds. The summed E-state index contributed by atoms with van der Waals surface area (Å²) in [5, 5.41) is 13.9. The summed E-state index contributed by atoms with van der Waals surface area (Å²) >= 11 is 1.33. The van der Waals surface area contributed by atoms with Crippen molar-refractivity contribution in [1.29, 1.82) is 0 Å². The Morgan fingerprint density at radius 1 is 1.12 bits per heavy atom. The second-order valence-corrected chi connectivity index (χ2v) is 9.91. The largest absolute Gasteiger partial charge is 0.507 e. The van der Waals surface area contributed by atoms with Crippen LogP contribution in [0.5, 0.6) is 5.75 Å². The fraction of sp³-hybridized carbons (Fsp3) is 0.0909. The number of hydrogen-bond donors (Lipinski definition) is 3. The normalized spacial score (nSPS) is 12.0. The minimum absolute atomic E-state index is 0.0473. The van der Waals surface area contributed by atoms with Gasteiger partial charge >= 0.3 is 0 Å². The van der Waals surface area contributed by atoms with Gasteiger partial charge in [-0.25, -0.2) is 18.1 Å². The smallest absolute Gasteiger partial charge is 0.266 e. The van der Waals surface area contributed by atoms with Crippen LogP contribution in [0.15, 0.2) is 76.3 Å². The van der Waals surface area contributed by atoms with Crippen molar-refractivity contribution in [3.8, 4) is 16.9 Å². The van der Waals surface area contributed by atoms with Crippen LogP contribution in [0.3, 0.4) is 0 Å². The number of pyridine rings is 1. The molecule has 0 saturated heterocycles. The molecule has 0 fully saturated rings. The molecule has 3 heterocycles. The van der Waals surface area contributed by atoms with Gasteiger partial charge in [0.1, 0.15) is 10.4 Å². The number of nitrogens with zero attached hydrogens (tertiary/aromatic N) is 2. The molecular formula is C22H18N4O4S2. The van der Waals surface area contributed by atoms with Crippen LogP contribution in [0.1, 0.15) is 0 Å². The van der Waals surface area contributed by atoms with Gasteiger partial charge in [0.25, 0.3) is 5.56 Å². The third-order valence-corrected chi connectivity index (χ3v) is 7.64. The van der Waals surface area contributed by atoms with Gasteiger partial charge in [-0.05, 0) is 41.3 Å². The Morgan fingerprint density at radius 2 is 1.94 bits per heavy atom. The molecule has 162 valence electrons. The Hall–Kier alpha value is -3.47. The average molecular weight is 467 g/mol. The molecule has 3 N–H and O–H groups in total. The summed E-state index contributed by atoms with van der Waals surface area (Å²) in [5.74, 6) is 0.0473. The molecule has 0 bridgehead atoms. The Balaban J connectivity index is 1.51. The summed E-state index contributed by atoms with van der Waals surface area (Å²) in [5.41, 5.74) is 1.61. The topological polar surface area (TPSA) is 117 Å². The van der Waals surface area contributed by atoms with Crippen molar-refractivity contribution in [3.05, 3.63) is 76.9 Å². The van der Waals surface area contributed by atoms with E-state index < -0.39 is 10.0 Å². The minimum atomic E-state index is -3.69. The number of rotatable bonds is 6. The summed E-state index contributed by atoms with van der Waals surface area (Å²) < 4.78 is 30.2. The fourth-order valence-electron chi connectivity index (χ4n) is 3.74. The second kappa shape index (κ2) is 7.90. The molecule has 0 aliphatic heterocycles. The maximum absolute atomic E-state index is 12.6. The lowest BCUT2D eigenvalue weighted by molar-refractivity contribution is 0.478. The molecular weight excluding hydrogens is 448 g/mol. The Labute approximate surface area is 186 Å². The SMILES string of the molecule is O=c1[nH]c2ccc(O)c(-c3ccc(S(=O)(=O)NCCn4ccnc4)cc3)c2c2ccsc12. The van der Waals surface area contributed by atoms with Crippen molar-refractivity contribution < 1.29 is 13.5 Å². The number of hydrogen-bond acceptors (Lipinski definition) is 6. The van der Waals surface area contributed by atoms with Gasteiger partial charge in [-0.3, -0.25) is 4.79 Å². The highest BCUT2D eigenvalue weighted by Gasteiger charge is 2.17. The lowest BCUT2D eigenvalue weighted by Gasteiger charge is -2.12. The summed E-state index contributed by atoms with van der Waals surface area (Å²) in [6.07, 6.45) is 5.02. The number of phenols is 1. The van der Waals surface area contributed by atoms with Crippen molar-refractivity contribution in [3.63, 3.8) is 0 Å². The zero-order chi connectivity index (χ0) is 22.3. The van der Waals surface area contributed by atoms with Crippen molar-refractivity contribution in [2.75, 3.05) is 6.54 Å². The van der Waals surface area contributed by atoms with Crippen LogP contribution in [0.25, 0.3) is 32.1 Å². The monoisotopic (exact) mass is 466 g/mol. The number of thiophene rings is 1. The second-order valence-electron chi connectivity index (χ2n) is 7.22. The molecule has 0 radical (unpaired) electrons.